The summed E-state index contributed by atoms with van der Waals surface area (Å²) in [6, 6.07) is 20.3. The molecule has 2 atom stereocenters. The van der Waals surface area contributed by atoms with Crippen LogP contribution in [0.25, 0.3) is 0 Å². The number of hydrogen-bond donors (Lipinski definition) is 1. The summed E-state index contributed by atoms with van der Waals surface area (Å²) < 4.78 is 19.1. The minimum Gasteiger partial charge on any atom is -0.497 e. The van der Waals surface area contributed by atoms with Crippen molar-refractivity contribution in [1.82, 2.24) is 5.01 Å². The first-order valence-corrected chi connectivity index (χ1v) is 13.1. The molecule has 0 radical (unpaired) electrons. The molecule has 9 heteroatoms. The summed E-state index contributed by atoms with van der Waals surface area (Å²) in [4.78, 5) is 29.7. The predicted molar refractivity (Wildman–Crippen MR) is 148 cm³/mol. The topological polar surface area (TPSA) is 83.4 Å². The summed E-state index contributed by atoms with van der Waals surface area (Å²) in [5, 5.41) is 9.12. The third-order valence-corrected chi connectivity index (χ3v) is 7.69. The number of methoxy groups -OCH3 is 1. The number of nitrogens with zero attached hydrogens (tertiary/aromatic N) is 3. The first-order valence-electron chi connectivity index (χ1n) is 12.2. The van der Waals surface area contributed by atoms with Crippen LogP contribution >= 0.6 is 11.8 Å². The number of nitrogens with one attached hydrogen (secondary N) is 1. The van der Waals surface area contributed by atoms with Crippen LogP contribution in [0.4, 0.5) is 10.1 Å². The van der Waals surface area contributed by atoms with Crippen molar-refractivity contribution in [2.24, 2.45) is 10.1 Å². The molecule has 0 aliphatic carbocycles. The lowest BCUT2D eigenvalue weighted by Gasteiger charge is -2.23. The molecule has 2 aliphatic rings. The fraction of sp³-hybridized carbons (Fsp3) is 0.241. The van der Waals surface area contributed by atoms with Gasteiger partial charge in [0.2, 0.25) is 5.91 Å². The van der Waals surface area contributed by atoms with E-state index in [1.165, 1.54) is 17.8 Å². The van der Waals surface area contributed by atoms with Gasteiger partial charge >= 0.3 is 0 Å². The zero-order chi connectivity index (χ0) is 26.8. The first-order chi connectivity index (χ1) is 18.3. The van der Waals surface area contributed by atoms with Gasteiger partial charge in [-0.2, -0.15) is 10.1 Å². The van der Waals surface area contributed by atoms with Gasteiger partial charge in [0.1, 0.15) is 16.8 Å². The largest absolute Gasteiger partial charge is 0.497 e. The molecular weight excluding hydrogens is 503 g/mol. The van der Waals surface area contributed by atoms with Crippen molar-refractivity contribution in [1.29, 1.82) is 0 Å². The molecule has 2 aliphatic heterocycles. The van der Waals surface area contributed by atoms with E-state index in [0.717, 1.165) is 28.2 Å². The highest BCUT2D eigenvalue weighted by molar-refractivity contribution is 8.15. The van der Waals surface area contributed by atoms with Crippen molar-refractivity contribution in [3.05, 3.63) is 94.8 Å². The molecule has 3 aromatic rings. The molecule has 194 valence electrons. The molecule has 5 rings (SSSR count). The monoisotopic (exact) mass is 530 g/mol. The number of carbonyl (C=O) groups is 2. The van der Waals surface area contributed by atoms with Crippen LogP contribution in [0.2, 0.25) is 0 Å². The fourth-order valence-electron chi connectivity index (χ4n) is 4.35. The molecule has 0 spiro atoms. The Morgan fingerprint density at radius 3 is 2.53 bits per heavy atom. The summed E-state index contributed by atoms with van der Waals surface area (Å²) in [6.07, 6.45) is 0.553. The fourth-order valence-corrected chi connectivity index (χ4v) is 5.41. The van der Waals surface area contributed by atoms with Crippen LogP contribution in [-0.2, 0) is 9.59 Å². The Morgan fingerprint density at radius 1 is 1.11 bits per heavy atom. The van der Waals surface area contributed by atoms with Crippen molar-refractivity contribution in [2.75, 3.05) is 12.4 Å². The van der Waals surface area contributed by atoms with E-state index in [2.05, 4.69) is 34.6 Å². The zero-order valence-corrected chi connectivity index (χ0v) is 22.1. The second-order valence-electron chi connectivity index (χ2n) is 9.31. The third kappa shape index (κ3) is 5.47. The number of aliphatic imine (C=N–C) groups is 1. The molecule has 0 saturated carbocycles. The van der Waals surface area contributed by atoms with Gasteiger partial charge in [-0.25, -0.2) is 9.40 Å². The Hall–Kier alpha value is -3.98. The number of halogens is 1. The lowest BCUT2D eigenvalue weighted by Crippen LogP contribution is -2.25. The number of rotatable bonds is 6. The van der Waals surface area contributed by atoms with Gasteiger partial charge in [-0.1, -0.05) is 47.7 Å². The summed E-state index contributed by atoms with van der Waals surface area (Å²) >= 11 is 1.23. The molecule has 0 unspecified atom stereocenters. The third-order valence-electron chi connectivity index (χ3n) is 6.55. The average Bonchev–Trinajstić information content (AvgIpc) is 3.51. The maximum absolute atomic E-state index is 13.9. The van der Waals surface area contributed by atoms with Crippen molar-refractivity contribution < 1.29 is 18.7 Å². The normalized spacial score (nSPS) is 18.8. The van der Waals surface area contributed by atoms with Crippen LogP contribution in [0.15, 0.2) is 76.8 Å². The highest BCUT2D eigenvalue weighted by atomic mass is 32.2. The van der Waals surface area contributed by atoms with E-state index in [9.17, 15) is 14.0 Å². The summed E-state index contributed by atoms with van der Waals surface area (Å²) in [5.41, 5.74) is 4.88. The molecule has 0 aromatic heterocycles. The standard InChI is InChI=1S/C29H27FN4O3S/c1-17-4-7-20(8-5-17)25-15-24(19-9-12-22(37-3)13-10-19)33-34(25)29-32-28(36)26(38-29)16-27(35)31-21-11-6-18(2)23(30)14-21/h4-14,25-26H,15-16H2,1-3H3,(H,31,35)/t25-,26+/m1/s1. The smallest absolute Gasteiger partial charge is 0.262 e. The van der Waals surface area contributed by atoms with Crippen LogP contribution in [0.1, 0.15) is 41.1 Å². The van der Waals surface area contributed by atoms with E-state index in [-0.39, 0.29) is 24.3 Å². The Bertz CT molecular complexity index is 1440. The quantitative estimate of drug-likeness (QED) is 0.447. The average molecular weight is 531 g/mol. The lowest BCUT2D eigenvalue weighted by molar-refractivity contribution is -0.121. The number of hydrazone groups is 1. The van der Waals surface area contributed by atoms with E-state index in [1.807, 2.05) is 31.2 Å². The molecule has 0 bridgehead atoms. The van der Waals surface area contributed by atoms with E-state index >= 15 is 0 Å². The van der Waals surface area contributed by atoms with Crippen molar-refractivity contribution >= 4 is 40.1 Å². The number of thioether (sulfide) groups is 1. The Balaban J connectivity index is 1.34. The second-order valence-corrected chi connectivity index (χ2v) is 10.5. The van der Waals surface area contributed by atoms with E-state index in [1.54, 1.807) is 31.2 Å². The number of ether oxygens (including phenoxy) is 1. The van der Waals surface area contributed by atoms with Gasteiger partial charge in [0.25, 0.3) is 5.91 Å². The molecule has 3 aromatic carbocycles. The van der Waals surface area contributed by atoms with Crippen LogP contribution < -0.4 is 10.1 Å². The number of anilines is 1. The number of benzene rings is 3. The molecule has 1 N–H and O–H groups in total. The molecule has 0 saturated heterocycles. The Labute approximate surface area is 224 Å². The van der Waals surface area contributed by atoms with Gasteiger partial charge in [-0.3, -0.25) is 9.59 Å². The number of aryl methyl sites for hydroxylation is 2. The molecular formula is C29H27FN4O3S. The lowest BCUT2D eigenvalue weighted by atomic mass is 9.98. The minimum atomic E-state index is -0.681. The minimum absolute atomic E-state index is 0.0793. The van der Waals surface area contributed by atoms with Gasteiger partial charge < -0.3 is 10.1 Å². The SMILES string of the molecule is COc1ccc(C2=NN(C3=NC(=O)[C@H](CC(=O)Nc4ccc(C)c(F)c4)S3)[C@@H](c3ccc(C)cc3)C2)cc1. The Morgan fingerprint density at radius 2 is 1.84 bits per heavy atom. The summed E-state index contributed by atoms with van der Waals surface area (Å²) in [7, 11) is 1.62. The van der Waals surface area contributed by atoms with Crippen molar-refractivity contribution in [2.45, 2.75) is 38.0 Å². The van der Waals surface area contributed by atoms with Gasteiger partial charge in [0.05, 0.1) is 18.9 Å². The van der Waals surface area contributed by atoms with Gasteiger partial charge in [0.15, 0.2) is 5.17 Å². The number of amides is 2. The Kier molecular flexibility index (Phi) is 7.28. The van der Waals surface area contributed by atoms with Gasteiger partial charge in [-0.15, -0.1) is 0 Å². The first kappa shape index (κ1) is 25.7. The number of hydrogen-bond acceptors (Lipinski definition) is 6. The van der Waals surface area contributed by atoms with Crippen molar-refractivity contribution in [3.8, 4) is 5.75 Å². The van der Waals surface area contributed by atoms with Crippen LogP contribution in [-0.4, -0.2) is 40.1 Å². The van der Waals surface area contributed by atoms with Gasteiger partial charge in [0, 0.05) is 18.5 Å². The maximum atomic E-state index is 13.9. The summed E-state index contributed by atoms with van der Waals surface area (Å²) in [6.45, 7) is 3.68. The van der Waals surface area contributed by atoms with Crippen LogP contribution in [0.3, 0.4) is 0 Å². The highest BCUT2D eigenvalue weighted by Gasteiger charge is 2.39. The van der Waals surface area contributed by atoms with E-state index in [4.69, 9.17) is 9.84 Å². The van der Waals surface area contributed by atoms with Crippen molar-refractivity contribution in [3.63, 3.8) is 0 Å². The maximum Gasteiger partial charge on any atom is 0.262 e. The van der Waals surface area contributed by atoms with Crippen LogP contribution in [0.5, 0.6) is 5.75 Å². The molecule has 2 amide bonds. The summed E-state index contributed by atoms with van der Waals surface area (Å²) in [5.74, 6) is -0.406. The number of carbonyl (C=O) groups excluding carboxylic acids is 2. The van der Waals surface area contributed by atoms with E-state index < -0.39 is 11.1 Å². The molecule has 0 fully saturated rings. The molecule has 38 heavy (non-hydrogen) atoms. The van der Waals surface area contributed by atoms with E-state index in [0.29, 0.717) is 22.8 Å². The van der Waals surface area contributed by atoms with Gasteiger partial charge in [-0.05, 0) is 66.9 Å². The number of amidine groups is 1. The highest BCUT2D eigenvalue weighted by Crippen LogP contribution is 2.39. The zero-order valence-electron chi connectivity index (χ0n) is 21.3. The second kappa shape index (κ2) is 10.8. The molecule has 2 heterocycles. The van der Waals surface area contributed by atoms with Crippen LogP contribution in [0, 0.1) is 19.7 Å². The molecule has 7 nitrogen and oxygen atoms in total. The predicted octanol–water partition coefficient (Wildman–Crippen LogP) is 5.63.